The second-order valence-corrected chi connectivity index (χ2v) is 7.91. The summed E-state index contributed by atoms with van der Waals surface area (Å²) in [6.07, 6.45) is 0. The van der Waals surface area contributed by atoms with Gasteiger partial charge in [-0.1, -0.05) is 107 Å². The minimum atomic E-state index is -1.05. The third-order valence-electron chi connectivity index (χ3n) is 3.90. The van der Waals surface area contributed by atoms with Crippen molar-refractivity contribution < 1.29 is 0 Å². The van der Waals surface area contributed by atoms with Gasteiger partial charge >= 0.3 is 0 Å². The second-order valence-electron chi connectivity index (χ2n) is 5.40. The Labute approximate surface area is 134 Å². The molecule has 0 amide bonds. The van der Waals surface area contributed by atoms with Crippen LogP contribution >= 0.6 is 0 Å². The van der Waals surface area contributed by atoms with Crippen LogP contribution in [0.1, 0.15) is 11.1 Å². The van der Waals surface area contributed by atoms with Gasteiger partial charge in [0, 0.05) is 0 Å². The Morgan fingerprint density at radius 1 is 0.682 bits per heavy atom. The van der Waals surface area contributed by atoms with Crippen LogP contribution in [0, 0.1) is 6.92 Å². The SMILES string of the molecule is C=C(c1ccccc1C)[Si](c1ccccc1)c1ccccc1. The van der Waals surface area contributed by atoms with Crippen molar-refractivity contribution in [3.8, 4) is 0 Å². The summed E-state index contributed by atoms with van der Waals surface area (Å²) in [4.78, 5) is 0. The molecule has 0 N–H and O–H groups in total. The lowest BCUT2D eigenvalue weighted by atomic mass is 10.1. The van der Waals surface area contributed by atoms with Crippen LogP contribution in [0.5, 0.6) is 0 Å². The Kier molecular flexibility index (Phi) is 4.36. The summed E-state index contributed by atoms with van der Waals surface area (Å²) in [5, 5.41) is 4.01. The van der Waals surface area contributed by atoms with Gasteiger partial charge < -0.3 is 0 Å². The molecule has 0 bridgehead atoms. The Hall–Kier alpha value is -2.38. The minimum Gasteiger partial charge on any atom is -0.0986 e. The summed E-state index contributed by atoms with van der Waals surface area (Å²) < 4.78 is 0. The lowest BCUT2D eigenvalue weighted by Gasteiger charge is -2.20. The molecular weight excluding hydrogens is 280 g/mol. The molecule has 0 nitrogen and oxygen atoms in total. The molecule has 0 fully saturated rings. The smallest absolute Gasteiger partial charge is 0.0986 e. The van der Waals surface area contributed by atoms with Gasteiger partial charge in [-0.25, -0.2) is 0 Å². The van der Waals surface area contributed by atoms with E-state index in [4.69, 9.17) is 0 Å². The van der Waals surface area contributed by atoms with Crippen LogP contribution < -0.4 is 10.4 Å². The first-order chi connectivity index (χ1) is 10.8. The average molecular weight is 299 g/mol. The molecule has 3 aromatic carbocycles. The van der Waals surface area contributed by atoms with E-state index >= 15 is 0 Å². The van der Waals surface area contributed by atoms with E-state index in [-0.39, 0.29) is 0 Å². The summed E-state index contributed by atoms with van der Waals surface area (Å²) in [5.74, 6) is 0. The van der Waals surface area contributed by atoms with E-state index in [1.165, 1.54) is 26.7 Å². The van der Waals surface area contributed by atoms with Crippen molar-refractivity contribution in [3.05, 3.63) is 103 Å². The van der Waals surface area contributed by atoms with Crippen molar-refractivity contribution in [2.45, 2.75) is 6.92 Å². The van der Waals surface area contributed by atoms with Crippen molar-refractivity contribution in [2.24, 2.45) is 0 Å². The summed E-state index contributed by atoms with van der Waals surface area (Å²) >= 11 is 0. The summed E-state index contributed by atoms with van der Waals surface area (Å²) in [7, 11) is -1.05. The van der Waals surface area contributed by atoms with Gasteiger partial charge in [0.25, 0.3) is 0 Å². The van der Waals surface area contributed by atoms with Gasteiger partial charge in [0.05, 0.1) is 0 Å². The molecule has 1 radical (unpaired) electrons. The molecule has 0 aromatic heterocycles. The lowest BCUT2D eigenvalue weighted by Crippen LogP contribution is -2.43. The monoisotopic (exact) mass is 299 g/mol. The molecule has 3 aromatic rings. The standard InChI is InChI=1S/C21H19Si/c1-17-11-9-10-16-21(17)18(2)22(19-12-5-3-6-13-19)20-14-7-4-8-15-20/h3-16H,2H2,1H3. The third-order valence-corrected chi connectivity index (χ3v) is 6.59. The van der Waals surface area contributed by atoms with Crippen LogP contribution in [0.4, 0.5) is 0 Å². The molecule has 22 heavy (non-hydrogen) atoms. The highest BCUT2D eigenvalue weighted by atomic mass is 28.3. The van der Waals surface area contributed by atoms with Gasteiger partial charge in [0.15, 0.2) is 8.80 Å². The Balaban J connectivity index is 2.11. The van der Waals surface area contributed by atoms with E-state index in [2.05, 4.69) is 98.4 Å². The summed E-state index contributed by atoms with van der Waals surface area (Å²) in [6, 6.07) is 30.1. The van der Waals surface area contributed by atoms with Gasteiger partial charge in [0.2, 0.25) is 0 Å². The van der Waals surface area contributed by atoms with Crippen LogP contribution in [-0.2, 0) is 0 Å². The fourth-order valence-corrected chi connectivity index (χ4v) is 5.40. The Morgan fingerprint density at radius 3 is 1.64 bits per heavy atom. The summed E-state index contributed by atoms with van der Waals surface area (Å²) in [6.45, 7) is 6.65. The normalized spacial score (nSPS) is 10.6. The number of hydrogen-bond donors (Lipinski definition) is 0. The maximum absolute atomic E-state index is 4.48. The topological polar surface area (TPSA) is 0 Å². The quantitative estimate of drug-likeness (QED) is 0.642. The molecule has 0 saturated heterocycles. The van der Waals surface area contributed by atoms with Crippen molar-refractivity contribution in [1.82, 2.24) is 0 Å². The molecule has 0 heterocycles. The van der Waals surface area contributed by atoms with Gasteiger partial charge in [-0.15, -0.1) is 0 Å². The van der Waals surface area contributed by atoms with E-state index in [0.29, 0.717) is 0 Å². The molecule has 1 heteroatoms. The highest BCUT2D eigenvalue weighted by Crippen LogP contribution is 2.19. The molecule has 0 spiro atoms. The van der Waals surface area contributed by atoms with Crippen LogP contribution in [-0.4, -0.2) is 8.80 Å². The Bertz CT molecular complexity index is 721. The molecule has 0 aliphatic heterocycles. The molecule has 3 rings (SSSR count). The van der Waals surface area contributed by atoms with E-state index in [1.807, 2.05) is 0 Å². The van der Waals surface area contributed by atoms with E-state index < -0.39 is 8.80 Å². The molecular formula is C21H19Si. The third kappa shape index (κ3) is 2.95. The van der Waals surface area contributed by atoms with Crippen LogP contribution in [0.25, 0.3) is 5.20 Å². The Morgan fingerprint density at radius 2 is 1.14 bits per heavy atom. The first-order valence-corrected chi connectivity index (χ1v) is 9.00. The van der Waals surface area contributed by atoms with Crippen LogP contribution in [0.15, 0.2) is 91.5 Å². The van der Waals surface area contributed by atoms with Gasteiger partial charge in [-0.05, 0) is 18.1 Å². The zero-order valence-electron chi connectivity index (χ0n) is 12.8. The van der Waals surface area contributed by atoms with Gasteiger partial charge in [-0.2, -0.15) is 0 Å². The number of hydrogen-bond acceptors (Lipinski definition) is 0. The second kappa shape index (κ2) is 6.59. The zero-order valence-corrected chi connectivity index (χ0v) is 13.8. The van der Waals surface area contributed by atoms with Gasteiger partial charge in [-0.3, -0.25) is 0 Å². The lowest BCUT2D eigenvalue weighted by molar-refractivity contribution is 1.44. The number of rotatable bonds is 4. The number of aryl methyl sites for hydroxylation is 1. The molecule has 0 aliphatic rings. The van der Waals surface area contributed by atoms with Crippen molar-refractivity contribution >= 4 is 24.4 Å². The van der Waals surface area contributed by atoms with Crippen molar-refractivity contribution in [1.29, 1.82) is 0 Å². The van der Waals surface area contributed by atoms with Crippen LogP contribution in [0.3, 0.4) is 0 Å². The number of benzene rings is 3. The predicted molar refractivity (Wildman–Crippen MR) is 98.1 cm³/mol. The molecule has 0 saturated carbocycles. The highest BCUT2D eigenvalue weighted by molar-refractivity contribution is 6.99. The first kappa shape index (κ1) is 14.5. The average Bonchev–Trinajstić information content (AvgIpc) is 2.57. The van der Waals surface area contributed by atoms with Crippen LogP contribution in [0.2, 0.25) is 0 Å². The molecule has 0 aliphatic carbocycles. The fraction of sp³-hybridized carbons (Fsp3) is 0.0476. The fourth-order valence-electron chi connectivity index (χ4n) is 2.77. The maximum atomic E-state index is 4.48. The largest absolute Gasteiger partial charge is 0.154 e. The predicted octanol–water partition coefficient (Wildman–Crippen LogP) is 3.86. The van der Waals surface area contributed by atoms with E-state index in [0.717, 1.165) is 0 Å². The zero-order chi connectivity index (χ0) is 15.4. The van der Waals surface area contributed by atoms with E-state index in [1.54, 1.807) is 0 Å². The molecule has 0 atom stereocenters. The van der Waals surface area contributed by atoms with E-state index in [9.17, 15) is 0 Å². The molecule has 0 unspecified atom stereocenters. The first-order valence-electron chi connectivity index (χ1n) is 7.50. The summed E-state index contributed by atoms with van der Waals surface area (Å²) in [5.41, 5.74) is 2.57. The minimum absolute atomic E-state index is 1.05. The highest BCUT2D eigenvalue weighted by Gasteiger charge is 2.22. The van der Waals surface area contributed by atoms with Crippen molar-refractivity contribution in [2.75, 3.05) is 0 Å². The van der Waals surface area contributed by atoms with Crippen molar-refractivity contribution in [3.63, 3.8) is 0 Å². The maximum Gasteiger partial charge on any atom is 0.154 e. The molecule has 107 valence electrons. The van der Waals surface area contributed by atoms with Gasteiger partial charge in [0.1, 0.15) is 0 Å².